The molecule has 3 rings (SSSR count). The zero-order valence-electron chi connectivity index (χ0n) is 12.2. The lowest BCUT2D eigenvalue weighted by Crippen LogP contribution is -2.63. The van der Waals surface area contributed by atoms with Gasteiger partial charge in [-0.25, -0.2) is 0 Å². The van der Waals surface area contributed by atoms with E-state index in [9.17, 15) is 26.7 Å². The zero-order chi connectivity index (χ0) is 17.5. The maximum Gasteiger partial charge on any atom is 0.416 e. The van der Waals surface area contributed by atoms with Gasteiger partial charge >= 0.3 is 12.1 Å². The Morgan fingerprint density at radius 2 is 1.54 bits per heavy atom. The molecule has 0 N–H and O–H groups in total. The summed E-state index contributed by atoms with van der Waals surface area (Å²) in [6.07, 6.45) is -4.54. The molecule has 0 saturated carbocycles. The fraction of sp³-hybridized carbons (Fsp3) is 0.235. The number of rotatable bonds is 3. The van der Waals surface area contributed by atoms with Crippen LogP contribution in [0.1, 0.15) is 22.7 Å². The number of halogens is 5. The lowest BCUT2D eigenvalue weighted by molar-refractivity contribution is -0.207. The summed E-state index contributed by atoms with van der Waals surface area (Å²) in [5.41, 5.74) is -0.281. The van der Waals surface area contributed by atoms with Crippen molar-refractivity contribution >= 4 is 5.91 Å². The first-order valence-corrected chi connectivity index (χ1v) is 7.11. The Morgan fingerprint density at radius 3 is 2.08 bits per heavy atom. The molecule has 0 radical (unpaired) electrons. The smallest absolute Gasteiger partial charge is 0.319 e. The van der Waals surface area contributed by atoms with E-state index in [-0.39, 0.29) is 12.1 Å². The highest BCUT2D eigenvalue weighted by molar-refractivity contribution is 5.91. The minimum Gasteiger partial charge on any atom is -0.319 e. The summed E-state index contributed by atoms with van der Waals surface area (Å²) in [6, 6.07) is 10.5. The minimum absolute atomic E-state index is 0.0245. The van der Waals surface area contributed by atoms with Gasteiger partial charge in [0.2, 0.25) is 0 Å². The Kier molecular flexibility index (Phi) is 3.81. The first kappa shape index (κ1) is 16.4. The summed E-state index contributed by atoms with van der Waals surface area (Å²) in [7, 11) is 0. The van der Waals surface area contributed by atoms with Crippen molar-refractivity contribution in [1.29, 1.82) is 0 Å². The number of hydrogen-bond donors (Lipinski definition) is 0. The summed E-state index contributed by atoms with van der Waals surface area (Å²) in [6.45, 7) is -0.0268. The molecule has 1 saturated heterocycles. The standard InChI is InChI=1S/C17H12F5NO/c18-16(19)14(12-6-8-13(9-7-12)17(20,21)22)23(15(16)24)10-11-4-2-1-3-5-11/h1-9,14H,10H2/t14-/m1/s1. The average molecular weight is 341 g/mol. The molecule has 1 atom stereocenters. The molecule has 7 heteroatoms. The van der Waals surface area contributed by atoms with Gasteiger partial charge in [-0.1, -0.05) is 42.5 Å². The van der Waals surface area contributed by atoms with E-state index in [1.165, 1.54) is 0 Å². The average Bonchev–Trinajstić information content (AvgIpc) is 2.54. The third-order valence-electron chi connectivity index (χ3n) is 3.95. The Balaban J connectivity index is 1.87. The van der Waals surface area contributed by atoms with E-state index < -0.39 is 29.6 Å². The van der Waals surface area contributed by atoms with Crippen molar-refractivity contribution in [3.05, 3.63) is 71.3 Å². The van der Waals surface area contributed by atoms with E-state index >= 15 is 0 Å². The lowest BCUT2D eigenvalue weighted by atomic mass is 9.88. The number of alkyl halides is 5. The van der Waals surface area contributed by atoms with E-state index in [0.29, 0.717) is 5.56 Å². The topological polar surface area (TPSA) is 20.3 Å². The highest BCUT2D eigenvalue weighted by Gasteiger charge is 2.63. The maximum atomic E-state index is 14.0. The second kappa shape index (κ2) is 5.58. The Labute approximate surface area is 134 Å². The van der Waals surface area contributed by atoms with Crippen LogP contribution in [0.2, 0.25) is 0 Å². The fourth-order valence-electron chi connectivity index (χ4n) is 2.74. The molecular weight excluding hydrogens is 329 g/mol. The molecule has 0 aromatic heterocycles. The molecule has 0 aliphatic carbocycles. The van der Waals surface area contributed by atoms with Gasteiger partial charge in [-0.2, -0.15) is 22.0 Å². The van der Waals surface area contributed by atoms with Gasteiger partial charge in [-0.15, -0.1) is 0 Å². The Bertz CT molecular complexity index is 740. The lowest BCUT2D eigenvalue weighted by Gasteiger charge is -2.46. The molecule has 1 heterocycles. The number of carbonyl (C=O) groups is 1. The van der Waals surface area contributed by atoms with Crippen molar-refractivity contribution in [3.8, 4) is 0 Å². The number of hydrogen-bond acceptors (Lipinski definition) is 1. The van der Waals surface area contributed by atoms with Crippen LogP contribution in [0, 0.1) is 0 Å². The van der Waals surface area contributed by atoms with E-state index in [1.807, 2.05) is 0 Å². The van der Waals surface area contributed by atoms with Gasteiger partial charge in [0.1, 0.15) is 6.04 Å². The molecule has 2 nitrogen and oxygen atoms in total. The van der Waals surface area contributed by atoms with Crippen LogP contribution < -0.4 is 0 Å². The molecular formula is C17H12F5NO. The van der Waals surface area contributed by atoms with E-state index in [4.69, 9.17) is 0 Å². The van der Waals surface area contributed by atoms with Gasteiger partial charge in [0.15, 0.2) is 0 Å². The number of benzene rings is 2. The highest BCUT2D eigenvalue weighted by Crippen LogP contribution is 2.48. The van der Waals surface area contributed by atoms with Gasteiger partial charge in [-0.3, -0.25) is 4.79 Å². The number of nitrogens with zero attached hydrogens (tertiary/aromatic N) is 1. The van der Waals surface area contributed by atoms with Crippen molar-refractivity contribution in [1.82, 2.24) is 4.90 Å². The second-order valence-electron chi connectivity index (χ2n) is 5.56. The van der Waals surface area contributed by atoms with Crippen molar-refractivity contribution in [2.45, 2.75) is 24.7 Å². The van der Waals surface area contributed by atoms with Crippen LogP contribution in [0.25, 0.3) is 0 Å². The van der Waals surface area contributed by atoms with Crippen LogP contribution in [0.15, 0.2) is 54.6 Å². The molecule has 0 spiro atoms. The monoisotopic (exact) mass is 341 g/mol. The quantitative estimate of drug-likeness (QED) is 0.598. The first-order valence-electron chi connectivity index (χ1n) is 7.11. The zero-order valence-corrected chi connectivity index (χ0v) is 12.2. The van der Waals surface area contributed by atoms with Crippen LogP contribution in [0.5, 0.6) is 0 Å². The van der Waals surface area contributed by atoms with E-state index in [1.54, 1.807) is 30.3 Å². The van der Waals surface area contributed by atoms with Gasteiger partial charge < -0.3 is 4.90 Å². The largest absolute Gasteiger partial charge is 0.416 e. The highest BCUT2D eigenvalue weighted by atomic mass is 19.4. The van der Waals surface area contributed by atoms with E-state index in [2.05, 4.69) is 0 Å². The molecule has 1 amide bonds. The number of carbonyl (C=O) groups excluding carboxylic acids is 1. The predicted molar refractivity (Wildman–Crippen MR) is 76.1 cm³/mol. The van der Waals surface area contributed by atoms with Crippen LogP contribution in [0.3, 0.4) is 0 Å². The third kappa shape index (κ3) is 2.74. The summed E-state index contributed by atoms with van der Waals surface area (Å²) >= 11 is 0. The number of β-lactam (4-membered cyclic amide) rings is 1. The molecule has 2 aromatic rings. The molecule has 1 aliphatic rings. The van der Waals surface area contributed by atoms with Gasteiger partial charge in [0.05, 0.1) is 5.56 Å². The van der Waals surface area contributed by atoms with Gasteiger partial charge in [0, 0.05) is 6.54 Å². The van der Waals surface area contributed by atoms with Gasteiger partial charge in [0.25, 0.3) is 5.91 Å². The van der Waals surface area contributed by atoms with Crippen molar-refractivity contribution in [2.24, 2.45) is 0 Å². The normalized spacial score (nSPS) is 20.0. The molecule has 2 aromatic carbocycles. The minimum atomic E-state index is -4.54. The Hall–Kier alpha value is -2.44. The van der Waals surface area contributed by atoms with Crippen LogP contribution in [-0.4, -0.2) is 16.7 Å². The summed E-state index contributed by atoms with van der Waals surface area (Å²) < 4.78 is 65.7. The molecule has 24 heavy (non-hydrogen) atoms. The van der Waals surface area contributed by atoms with Crippen LogP contribution in [0.4, 0.5) is 22.0 Å². The first-order chi connectivity index (χ1) is 11.2. The predicted octanol–water partition coefficient (Wildman–Crippen LogP) is 4.42. The van der Waals surface area contributed by atoms with Crippen molar-refractivity contribution in [3.63, 3.8) is 0 Å². The molecule has 1 aliphatic heterocycles. The van der Waals surface area contributed by atoms with Crippen LogP contribution in [-0.2, 0) is 17.5 Å². The molecule has 0 unspecified atom stereocenters. The second-order valence-corrected chi connectivity index (χ2v) is 5.56. The fourth-order valence-corrected chi connectivity index (χ4v) is 2.74. The number of likely N-dealkylation sites (tertiary alicyclic amines) is 1. The van der Waals surface area contributed by atoms with E-state index in [0.717, 1.165) is 29.2 Å². The number of amides is 1. The van der Waals surface area contributed by atoms with Crippen molar-refractivity contribution < 1.29 is 26.7 Å². The summed E-state index contributed by atoms with van der Waals surface area (Å²) in [5.74, 6) is -4.94. The molecule has 126 valence electrons. The Morgan fingerprint density at radius 1 is 0.958 bits per heavy atom. The third-order valence-corrected chi connectivity index (χ3v) is 3.95. The van der Waals surface area contributed by atoms with Gasteiger partial charge in [-0.05, 0) is 23.3 Å². The molecule has 1 fully saturated rings. The SMILES string of the molecule is O=C1N(Cc2ccccc2)[C@H](c2ccc(C(F)(F)F)cc2)C1(F)F. The summed E-state index contributed by atoms with van der Waals surface area (Å²) in [5, 5.41) is 0. The van der Waals surface area contributed by atoms with Crippen LogP contribution >= 0.6 is 0 Å². The molecule has 0 bridgehead atoms. The van der Waals surface area contributed by atoms with Crippen molar-refractivity contribution in [2.75, 3.05) is 0 Å². The maximum absolute atomic E-state index is 14.0. The summed E-state index contributed by atoms with van der Waals surface area (Å²) in [4.78, 5) is 12.7.